The number of rotatable bonds is 5. The van der Waals surface area contributed by atoms with E-state index in [0.29, 0.717) is 11.4 Å². The van der Waals surface area contributed by atoms with Crippen LogP contribution in [0, 0.1) is 12.7 Å². The van der Waals surface area contributed by atoms with Gasteiger partial charge in [0.05, 0.1) is 12.1 Å². The van der Waals surface area contributed by atoms with E-state index < -0.39 is 23.7 Å². The van der Waals surface area contributed by atoms with Gasteiger partial charge in [-0.3, -0.25) is 9.59 Å². The first-order valence-corrected chi connectivity index (χ1v) is 9.22. The summed E-state index contributed by atoms with van der Waals surface area (Å²) >= 11 is 0. The molecule has 2 aromatic rings. The number of aryl methyl sites for hydroxylation is 1. The highest BCUT2D eigenvalue weighted by atomic mass is 19.1. The normalized spacial score (nSPS) is 19.3. The second-order valence-electron chi connectivity index (χ2n) is 7.21. The lowest BCUT2D eigenvalue weighted by Gasteiger charge is -2.21. The van der Waals surface area contributed by atoms with Gasteiger partial charge >= 0.3 is 6.03 Å². The number of nitrogens with zero attached hydrogens (tertiary/aromatic N) is 2. The molecule has 0 bridgehead atoms. The summed E-state index contributed by atoms with van der Waals surface area (Å²) in [4.78, 5) is 41.1. The number of benzene rings is 2. The van der Waals surface area contributed by atoms with E-state index in [1.54, 1.807) is 18.2 Å². The predicted molar refractivity (Wildman–Crippen MR) is 102 cm³/mol. The van der Waals surface area contributed by atoms with E-state index in [-0.39, 0.29) is 18.5 Å². The molecule has 1 aliphatic heterocycles. The van der Waals surface area contributed by atoms with Crippen LogP contribution in [0.2, 0.25) is 0 Å². The third-order valence-corrected chi connectivity index (χ3v) is 4.97. The average molecular weight is 381 g/mol. The van der Waals surface area contributed by atoms with Gasteiger partial charge in [-0.1, -0.05) is 23.8 Å². The van der Waals surface area contributed by atoms with Gasteiger partial charge in [-0.15, -0.1) is 0 Å². The average Bonchev–Trinajstić information content (AvgIpc) is 3.44. The van der Waals surface area contributed by atoms with Gasteiger partial charge < -0.3 is 10.2 Å². The zero-order valence-electron chi connectivity index (χ0n) is 15.4. The quantitative estimate of drug-likeness (QED) is 0.807. The lowest BCUT2D eigenvalue weighted by atomic mass is 10.1. The summed E-state index contributed by atoms with van der Waals surface area (Å²) in [5, 5.41) is 2.60. The molecule has 28 heavy (non-hydrogen) atoms. The Morgan fingerprint density at radius 3 is 2.50 bits per heavy atom. The smallest absolute Gasteiger partial charge is 0.326 e. The van der Waals surface area contributed by atoms with E-state index in [2.05, 4.69) is 5.32 Å². The number of imide groups is 1. The number of carbonyl (C=O) groups excluding carboxylic acids is 3. The minimum atomic E-state index is -0.852. The summed E-state index contributed by atoms with van der Waals surface area (Å²) in [5.41, 5.74) is 1.84. The molecule has 144 valence electrons. The highest BCUT2D eigenvalue weighted by molar-refractivity contribution is 6.22. The topological polar surface area (TPSA) is 69.7 Å². The van der Waals surface area contributed by atoms with Gasteiger partial charge in [-0.25, -0.2) is 14.1 Å². The first kappa shape index (κ1) is 18.2. The van der Waals surface area contributed by atoms with Crippen LogP contribution < -0.4 is 10.2 Å². The molecule has 2 fully saturated rings. The van der Waals surface area contributed by atoms with Crippen LogP contribution in [-0.2, 0) is 9.59 Å². The number of nitrogens with one attached hydrogen (secondary N) is 1. The molecule has 1 saturated heterocycles. The van der Waals surface area contributed by atoms with Crippen molar-refractivity contribution in [2.75, 3.05) is 10.2 Å². The van der Waals surface area contributed by atoms with E-state index in [4.69, 9.17) is 0 Å². The van der Waals surface area contributed by atoms with Gasteiger partial charge in [0.1, 0.15) is 11.9 Å². The van der Waals surface area contributed by atoms with E-state index in [1.807, 2.05) is 19.1 Å². The highest BCUT2D eigenvalue weighted by Crippen LogP contribution is 2.36. The van der Waals surface area contributed by atoms with Crippen molar-refractivity contribution in [1.29, 1.82) is 0 Å². The second kappa shape index (κ2) is 7.07. The molecule has 1 unspecified atom stereocenters. The molecule has 0 radical (unpaired) electrons. The predicted octanol–water partition coefficient (Wildman–Crippen LogP) is 3.46. The summed E-state index contributed by atoms with van der Waals surface area (Å²) in [6.07, 6.45) is 1.48. The second-order valence-corrected chi connectivity index (χ2v) is 7.21. The van der Waals surface area contributed by atoms with E-state index in [9.17, 15) is 18.8 Å². The fourth-order valence-corrected chi connectivity index (χ4v) is 3.45. The van der Waals surface area contributed by atoms with Gasteiger partial charge in [-0.05, 0) is 50.1 Å². The van der Waals surface area contributed by atoms with Crippen molar-refractivity contribution in [2.45, 2.75) is 38.3 Å². The Labute approximate surface area is 161 Å². The Morgan fingerprint density at radius 1 is 1.14 bits per heavy atom. The minimum absolute atomic E-state index is 0.0149. The summed E-state index contributed by atoms with van der Waals surface area (Å²) in [6.45, 7) is 1.92. The number of amides is 4. The van der Waals surface area contributed by atoms with Crippen LogP contribution in [0.15, 0.2) is 48.5 Å². The van der Waals surface area contributed by atoms with Crippen LogP contribution in [0.5, 0.6) is 0 Å². The molecule has 2 aliphatic rings. The molecular formula is C21H20FN3O3. The fourth-order valence-electron chi connectivity index (χ4n) is 3.45. The lowest BCUT2D eigenvalue weighted by molar-refractivity contribution is -0.124. The number of carbonyl (C=O) groups is 3. The molecule has 1 atom stereocenters. The van der Waals surface area contributed by atoms with E-state index >= 15 is 0 Å². The van der Waals surface area contributed by atoms with Gasteiger partial charge in [-0.2, -0.15) is 0 Å². The summed E-state index contributed by atoms with van der Waals surface area (Å²) in [5.74, 6) is -1.31. The van der Waals surface area contributed by atoms with Gasteiger partial charge in [0.2, 0.25) is 5.91 Å². The van der Waals surface area contributed by atoms with Crippen molar-refractivity contribution >= 4 is 29.2 Å². The Kier molecular flexibility index (Phi) is 4.58. The SMILES string of the molecule is Cc1ccc(N2C(=O)C(CC(=O)Nc3cccc(F)c3)N(C3CC3)C2=O)cc1. The van der Waals surface area contributed by atoms with Crippen LogP contribution in [0.1, 0.15) is 24.8 Å². The van der Waals surface area contributed by atoms with Crippen LogP contribution >= 0.6 is 0 Å². The van der Waals surface area contributed by atoms with Crippen molar-refractivity contribution in [3.8, 4) is 0 Å². The molecule has 4 amide bonds. The first-order valence-electron chi connectivity index (χ1n) is 9.22. The van der Waals surface area contributed by atoms with Crippen molar-refractivity contribution in [3.63, 3.8) is 0 Å². The van der Waals surface area contributed by atoms with Crippen molar-refractivity contribution in [1.82, 2.24) is 4.90 Å². The molecule has 0 aromatic heterocycles. The molecule has 7 heteroatoms. The number of anilines is 2. The Morgan fingerprint density at radius 2 is 1.86 bits per heavy atom. The number of halogens is 1. The largest absolute Gasteiger partial charge is 0.332 e. The molecule has 1 heterocycles. The fraction of sp³-hybridized carbons (Fsp3) is 0.286. The molecular weight excluding hydrogens is 361 g/mol. The van der Waals surface area contributed by atoms with Crippen LogP contribution in [0.3, 0.4) is 0 Å². The van der Waals surface area contributed by atoms with Gasteiger partial charge in [0, 0.05) is 11.7 Å². The molecule has 1 aliphatic carbocycles. The molecule has 4 rings (SSSR count). The summed E-state index contributed by atoms with van der Waals surface area (Å²) < 4.78 is 13.3. The van der Waals surface area contributed by atoms with Gasteiger partial charge in [0.15, 0.2) is 0 Å². The number of hydrogen-bond donors (Lipinski definition) is 1. The minimum Gasteiger partial charge on any atom is -0.326 e. The number of hydrogen-bond acceptors (Lipinski definition) is 3. The molecule has 2 aromatic carbocycles. The number of urea groups is 1. The first-order chi connectivity index (χ1) is 13.4. The van der Waals surface area contributed by atoms with E-state index in [0.717, 1.165) is 23.3 Å². The van der Waals surface area contributed by atoms with Crippen molar-refractivity contribution in [3.05, 3.63) is 59.9 Å². The molecule has 0 spiro atoms. The maximum Gasteiger partial charge on any atom is 0.332 e. The molecule has 6 nitrogen and oxygen atoms in total. The third-order valence-electron chi connectivity index (χ3n) is 4.97. The Balaban J connectivity index is 1.54. The maximum absolute atomic E-state index is 13.3. The van der Waals surface area contributed by atoms with Crippen LogP contribution in [0.4, 0.5) is 20.6 Å². The van der Waals surface area contributed by atoms with Crippen LogP contribution in [-0.4, -0.2) is 34.8 Å². The van der Waals surface area contributed by atoms with Crippen LogP contribution in [0.25, 0.3) is 0 Å². The zero-order chi connectivity index (χ0) is 19.8. The van der Waals surface area contributed by atoms with Gasteiger partial charge in [0.25, 0.3) is 5.91 Å². The summed E-state index contributed by atoms with van der Waals surface area (Å²) in [6, 6.07) is 11.4. The lowest BCUT2D eigenvalue weighted by Crippen LogP contribution is -2.39. The van der Waals surface area contributed by atoms with E-state index in [1.165, 1.54) is 23.1 Å². The monoisotopic (exact) mass is 381 g/mol. The van der Waals surface area contributed by atoms with Crippen molar-refractivity contribution < 1.29 is 18.8 Å². The summed E-state index contributed by atoms with van der Waals surface area (Å²) in [7, 11) is 0. The maximum atomic E-state index is 13.3. The van der Waals surface area contributed by atoms with Crippen molar-refractivity contribution in [2.24, 2.45) is 0 Å². The third kappa shape index (κ3) is 3.47. The Bertz CT molecular complexity index is 940. The molecule has 1 saturated carbocycles. The zero-order valence-corrected chi connectivity index (χ0v) is 15.4. The standard InChI is InChI=1S/C21H20FN3O3/c1-13-5-7-17(8-6-13)25-20(27)18(24(21(25)28)16-9-10-16)12-19(26)23-15-4-2-3-14(22)11-15/h2-8,11,16,18H,9-10,12H2,1H3,(H,23,26). The highest BCUT2D eigenvalue weighted by Gasteiger charge is 2.51. The molecule has 1 N–H and O–H groups in total. The Hall–Kier alpha value is -3.22.